The van der Waals surface area contributed by atoms with Crippen LogP contribution < -0.4 is 15.4 Å². The third-order valence-electron chi connectivity index (χ3n) is 4.86. The number of hydrogen-bond donors (Lipinski definition) is 3. The Labute approximate surface area is 170 Å². The molecule has 1 aliphatic heterocycles. The van der Waals surface area contributed by atoms with Crippen LogP contribution in [0.15, 0.2) is 47.4 Å². The summed E-state index contributed by atoms with van der Waals surface area (Å²) in [6.07, 6.45) is -4.22. The Morgan fingerprint density at radius 3 is 2.27 bits per heavy atom. The molecule has 1 atom stereocenters. The predicted octanol–water partition coefficient (Wildman–Crippen LogP) is 3.36. The minimum absolute atomic E-state index is 0.0455. The number of alkyl halides is 3. The van der Waals surface area contributed by atoms with Gasteiger partial charge in [-0.1, -0.05) is 6.92 Å². The van der Waals surface area contributed by atoms with Crippen molar-refractivity contribution in [1.29, 1.82) is 0 Å². The first-order chi connectivity index (χ1) is 13.9. The Balaban J connectivity index is 1.91. The predicted molar refractivity (Wildman–Crippen MR) is 103 cm³/mol. The van der Waals surface area contributed by atoms with Crippen LogP contribution in [0, 0.1) is 0 Å². The molecule has 0 bridgehead atoms. The molecule has 0 aromatic heterocycles. The fourth-order valence-corrected chi connectivity index (χ4v) is 3.90. The number of carbonyl (C=O) groups is 2. The number of halogens is 3. The topological polar surface area (TPSA) is 104 Å². The zero-order valence-corrected chi connectivity index (χ0v) is 16.7. The van der Waals surface area contributed by atoms with E-state index in [1.807, 2.05) is 0 Å². The summed E-state index contributed by atoms with van der Waals surface area (Å²) in [6.45, 7) is 3.27. The molecular formula is C19H18F3N3O4S. The minimum atomic E-state index is -4.54. The van der Waals surface area contributed by atoms with Crippen LogP contribution >= 0.6 is 0 Å². The summed E-state index contributed by atoms with van der Waals surface area (Å²) in [7, 11) is -4.20. The van der Waals surface area contributed by atoms with E-state index in [4.69, 9.17) is 0 Å². The molecule has 30 heavy (non-hydrogen) atoms. The van der Waals surface area contributed by atoms with Gasteiger partial charge in [-0.05, 0) is 55.8 Å². The molecule has 0 radical (unpaired) electrons. The number of carbonyl (C=O) groups excluding carboxylic acids is 2. The van der Waals surface area contributed by atoms with Crippen LogP contribution in [0.25, 0.3) is 0 Å². The minimum Gasteiger partial charge on any atom is -0.338 e. The van der Waals surface area contributed by atoms with Gasteiger partial charge in [-0.2, -0.15) is 13.2 Å². The molecule has 0 saturated carbocycles. The second kappa shape index (κ2) is 7.31. The lowest BCUT2D eigenvalue weighted by atomic mass is 9.98. The standard InChI is InChI=1S/C19H18F3N3O4S/c1-3-18(2)17(27)23-15-9-8-13(10-14(15)16(26)24-18)30(28,29)25-12-6-4-11(5-7-12)19(20,21)22/h4-10,25H,3H2,1-2H3,(H,23,27)(H,24,26). The number of nitrogens with one attached hydrogen (secondary N) is 3. The van der Waals surface area contributed by atoms with Gasteiger partial charge in [0.1, 0.15) is 5.54 Å². The summed E-state index contributed by atoms with van der Waals surface area (Å²) in [5, 5.41) is 5.19. The molecule has 1 aliphatic rings. The molecule has 0 aliphatic carbocycles. The van der Waals surface area contributed by atoms with Gasteiger partial charge in [0.15, 0.2) is 0 Å². The van der Waals surface area contributed by atoms with Crippen molar-refractivity contribution < 1.29 is 31.2 Å². The maximum atomic E-state index is 12.7. The first kappa shape index (κ1) is 21.6. The number of hydrogen-bond acceptors (Lipinski definition) is 4. The number of benzene rings is 2. The van der Waals surface area contributed by atoms with Gasteiger partial charge in [0.25, 0.3) is 15.9 Å². The van der Waals surface area contributed by atoms with Gasteiger partial charge < -0.3 is 10.6 Å². The molecule has 160 valence electrons. The lowest BCUT2D eigenvalue weighted by molar-refractivity contribution is -0.137. The quantitative estimate of drug-likeness (QED) is 0.677. The lowest BCUT2D eigenvalue weighted by Crippen LogP contribution is -2.52. The summed E-state index contributed by atoms with van der Waals surface area (Å²) in [5.41, 5.74) is -2.04. The molecule has 2 amide bonds. The monoisotopic (exact) mass is 441 g/mol. The summed E-state index contributed by atoms with van der Waals surface area (Å²) < 4.78 is 65.4. The van der Waals surface area contributed by atoms with Crippen LogP contribution in [0.1, 0.15) is 36.2 Å². The van der Waals surface area contributed by atoms with Gasteiger partial charge in [-0.25, -0.2) is 8.42 Å². The van der Waals surface area contributed by atoms with Crippen molar-refractivity contribution in [2.75, 3.05) is 10.0 Å². The Morgan fingerprint density at radius 2 is 1.70 bits per heavy atom. The molecule has 1 unspecified atom stereocenters. The van der Waals surface area contributed by atoms with E-state index >= 15 is 0 Å². The maximum absolute atomic E-state index is 12.7. The van der Waals surface area contributed by atoms with E-state index in [-0.39, 0.29) is 21.8 Å². The average Bonchev–Trinajstić information content (AvgIpc) is 2.76. The molecule has 3 N–H and O–H groups in total. The van der Waals surface area contributed by atoms with Crippen molar-refractivity contribution in [3.05, 3.63) is 53.6 Å². The van der Waals surface area contributed by atoms with Gasteiger partial charge in [-0.15, -0.1) is 0 Å². The van der Waals surface area contributed by atoms with Gasteiger partial charge in [0, 0.05) is 5.69 Å². The van der Waals surface area contributed by atoms with E-state index in [0.717, 1.165) is 30.3 Å². The molecule has 1 heterocycles. The third-order valence-corrected chi connectivity index (χ3v) is 6.24. The van der Waals surface area contributed by atoms with E-state index in [0.29, 0.717) is 6.42 Å². The van der Waals surface area contributed by atoms with Crippen molar-refractivity contribution in [1.82, 2.24) is 5.32 Å². The first-order valence-corrected chi connectivity index (χ1v) is 10.3. The zero-order chi connectivity index (χ0) is 22.3. The van der Waals surface area contributed by atoms with Crippen molar-refractivity contribution >= 4 is 33.2 Å². The number of amides is 2. The highest BCUT2D eigenvalue weighted by molar-refractivity contribution is 7.92. The van der Waals surface area contributed by atoms with Crippen LogP contribution in [0.5, 0.6) is 0 Å². The summed E-state index contributed by atoms with van der Waals surface area (Å²) in [4.78, 5) is 24.6. The van der Waals surface area contributed by atoms with Crippen molar-refractivity contribution in [2.45, 2.75) is 36.9 Å². The molecule has 2 aromatic rings. The highest BCUT2D eigenvalue weighted by Gasteiger charge is 2.37. The Bertz CT molecular complexity index is 1110. The normalized spacial score (nSPS) is 19.4. The van der Waals surface area contributed by atoms with E-state index < -0.39 is 39.1 Å². The second-order valence-corrected chi connectivity index (χ2v) is 8.66. The highest BCUT2D eigenvalue weighted by atomic mass is 32.2. The van der Waals surface area contributed by atoms with Crippen LogP contribution in [0.2, 0.25) is 0 Å². The largest absolute Gasteiger partial charge is 0.416 e. The van der Waals surface area contributed by atoms with Crippen LogP contribution in [0.3, 0.4) is 0 Å². The van der Waals surface area contributed by atoms with Crippen LogP contribution in [-0.4, -0.2) is 25.8 Å². The van der Waals surface area contributed by atoms with E-state index in [1.54, 1.807) is 13.8 Å². The van der Waals surface area contributed by atoms with E-state index in [9.17, 15) is 31.2 Å². The second-order valence-electron chi connectivity index (χ2n) is 6.98. The SMILES string of the molecule is CCC1(C)NC(=O)c2cc(S(=O)(=O)Nc3ccc(C(F)(F)F)cc3)ccc2NC1=O. The fourth-order valence-electron chi connectivity index (χ4n) is 2.81. The van der Waals surface area contributed by atoms with Gasteiger partial charge in [0.2, 0.25) is 5.91 Å². The zero-order valence-electron chi connectivity index (χ0n) is 15.9. The number of rotatable bonds is 4. The fraction of sp³-hybridized carbons (Fsp3) is 0.263. The average molecular weight is 441 g/mol. The molecule has 11 heteroatoms. The lowest BCUT2D eigenvalue weighted by Gasteiger charge is -2.25. The molecular weight excluding hydrogens is 423 g/mol. The summed E-state index contributed by atoms with van der Waals surface area (Å²) in [5.74, 6) is -1.06. The smallest absolute Gasteiger partial charge is 0.338 e. The number of sulfonamides is 1. The van der Waals surface area contributed by atoms with E-state index in [1.165, 1.54) is 12.1 Å². The molecule has 0 spiro atoms. The van der Waals surface area contributed by atoms with Crippen LogP contribution in [-0.2, 0) is 21.0 Å². The number of anilines is 2. The van der Waals surface area contributed by atoms with Gasteiger partial charge in [0.05, 0.1) is 21.7 Å². The Morgan fingerprint density at radius 1 is 1.07 bits per heavy atom. The highest BCUT2D eigenvalue weighted by Crippen LogP contribution is 2.31. The van der Waals surface area contributed by atoms with Gasteiger partial charge in [-0.3, -0.25) is 14.3 Å². The molecule has 7 nitrogen and oxygen atoms in total. The number of fused-ring (bicyclic) bond motifs is 1. The van der Waals surface area contributed by atoms with Crippen molar-refractivity contribution in [3.63, 3.8) is 0 Å². The summed E-state index contributed by atoms with van der Waals surface area (Å²) in [6, 6.07) is 7.06. The molecule has 0 fully saturated rings. The van der Waals surface area contributed by atoms with Crippen molar-refractivity contribution in [2.24, 2.45) is 0 Å². The molecule has 0 saturated heterocycles. The maximum Gasteiger partial charge on any atom is 0.416 e. The van der Waals surface area contributed by atoms with Crippen LogP contribution in [0.4, 0.5) is 24.5 Å². The molecule has 3 rings (SSSR count). The molecule has 2 aromatic carbocycles. The Hall–Kier alpha value is -3.08. The van der Waals surface area contributed by atoms with Crippen molar-refractivity contribution in [3.8, 4) is 0 Å². The Kier molecular flexibility index (Phi) is 5.27. The third kappa shape index (κ3) is 4.11. The van der Waals surface area contributed by atoms with Gasteiger partial charge >= 0.3 is 6.18 Å². The van der Waals surface area contributed by atoms with E-state index in [2.05, 4.69) is 15.4 Å². The summed E-state index contributed by atoms with van der Waals surface area (Å²) >= 11 is 0. The first-order valence-electron chi connectivity index (χ1n) is 8.84.